The number of ether oxygens (including phenoxy) is 1. The van der Waals surface area contributed by atoms with E-state index in [-0.39, 0.29) is 6.04 Å². The van der Waals surface area contributed by atoms with Crippen LogP contribution in [0.2, 0.25) is 0 Å². The van der Waals surface area contributed by atoms with Crippen molar-refractivity contribution in [1.82, 2.24) is 5.32 Å². The van der Waals surface area contributed by atoms with E-state index in [9.17, 15) is 5.11 Å². The molecule has 106 valence electrons. The maximum absolute atomic E-state index is 10.3. The number of rotatable bonds is 7. The van der Waals surface area contributed by atoms with Crippen molar-refractivity contribution < 1.29 is 9.84 Å². The molecule has 2 aromatic carbocycles. The van der Waals surface area contributed by atoms with E-state index in [1.807, 2.05) is 67.7 Å². The first-order valence-electron chi connectivity index (χ1n) is 6.83. The minimum Gasteiger partial charge on any atom is -0.389 e. The molecule has 0 fully saturated rings. The number of benzene rings is 2. The maximum atomic E-state index is 10.3. The van der Waals surface area contributed by atoms with Crippen LogP contribution >= 0.6 is 0 Å². The Morgan fingerprint density at radius 1 is 1.00 bits per heavy atom. The fraction of sp³-hybridized carbons (Fsp3) is 0.294. The van der Waals surface area contributed by atoms with Gasteiger partial charge in [-0.2, -0.15) is 0 Å². The number of nitrogens with one attached hydrogen (secondary N) is 1. The molecule has 20 heavy (non-hydrogen) atoms. The van der Waals surface area contributed by atoms with Crippen LogP contribution in [0.3, 0.4) is 0 Å². The molecular formula is C17H21NO2. The van der Waals surface area contributed by atoms with Crippen LogP contribution < -0.4 is 5.32 Å². The van der Waals surface area contributed by atoms with Gasteiger partial charge in [-0.1, -0.05) is 60.7 Å². The smallest absolute Gasteiger partial charge is 0.0967 e. The second kappa shape index (κ2) is 7.80. The first-order valence-corrected chi connectivity index (χ1v) is 6.83. The molecule has 3 nitrogen and oxygen atoms in total. The average Bonchev–Trinajstić information content (AvgIpc) is 2.50. The van der Waals surface area contributed by atoms with Gasteiger partial charge in [-0.15, -0.1) is 0 Å². The summed E-state index contributed by atoms with van der Waals surface area (Å²) >= 11 is 0. The molecule has 0 saturated heterocycles. The number of hydrogen-bond donors (Lipinski definition) is 2. The number of hydrogen-bond acceptors (Lipinski definition) is 3. The lowest BCUT2D eigenvalue weighted by Crippen LogP contribution is -2.32. The molecule has 0 aliphatic heterocycles. The topological polar surface area (TPSA) is 41.5 Å². The molecule has 0 saturated carbocycles. The van der Waals surface area contributed by atoms with Gasteiger partial charge in [0.15, 0.2) is 0 Å². The molecule has 0 amide bonds. The van der Waals surface area contributed by atoms with Crippen LogP contribution in [0.15, 0.2) is 60.7 Å². The summed E-state index contributed by atoms with van der Waals surface area (Å²) in [5, 5.41) is 13.4. The zero-order valence-corrected chi connectivity index (χ0v) is 11.7. The third-order valence-electron chi connectivity index (χ3n) is 3.25. The minimum atomic E-state index is -0.578. The molecule has 0 bridgehead atoms. The van der Waals surface area contributed by atoms with E-state index in [1.54, 1.807) is 0 Å². The summed E-state index contributed by atoms with van der Waals surface area (Å²) in [5.41, 5.74) is 2.17. The zero-order valence-electron chi connectivity index (χ0n) is 11.7. The van der Waals surface area contributed by atoms with Gasteiger partial charge in [-0.25, -0.2) is 0 Å². The van der Waals surface area contributed by atoms with Gasteiger partial charge in [-0.05, 0) is 18.2 Å². The van der Waals surface area contributed by atoms with Crippen LogP contribution in [-0.4, -0.2) is 24.9 Å². The van der Waals surface area contributed by atoms with E-state index < -0.39 is 6.10 Å². The normalized spacial score (nSPS) is 13.9. The second-order valence-electron chi connectivity index (χ2n) is 4.75. The fourth-order valence-electron chi connectivity index (χ4n) is 2.21. The summed E-state index contributed by atoms with van der Waals surface area (Å²) in [5.74, 6) is 0. The van der Waals surface area contributed by atoms with E-state index in [1.165, 1.54) is 0 Å². The van der Waals surface area contributed by atoms with Crippen molar-refractivity contribution in [3.63, 3.8) is 0 Å². The van der Waals surface area contributed by atoms with Gasteiger partial charge in [0.2, 0.25) is 0 Å². The van der Waals surface area contributed by atoms with Crippen LogP contribution in [0, 0.1) is 0 Å². The molecule has 0 spiro atoms. The average molecular weight is 271 g/mol. The Labute approximate surface area is 120 Å². The Balaban J connectivity index is 1.85. The zero-order chi connectivity index (χ0) is 14.2. The van der Waals surface area contributed by atoms with E-state index in [2.05, 4.69) is 5.32 Å². The van der Waals surface area contributed by atoms with Gasteiger partial charge in [0.25, 0.3) is 0 Å². The maximum Gasteiger partial charge on any atom is 0.0967 e. The van der Waals surface area contributed by atoms with E-state index in [0.29, 0.717) is 13.2 Å². The molecule has 0 heterocycles. The standard InChI is InChI=1S/C17H21NO2/c1-18-17(15-10-6-3-7-11-15)16(19)13-20-12-14-8-4-2-5-9-14/h2-11,16-19H,12-13H2,1H3/t16-,17+/m0/s1. The Kier molecular flexibility index (Phi) is 5.74. The third-order valence-corrected chi connectivity index (χ3v) is 3.25. The summed E-state index contributed by atoms with van der Waals surface area (Å²) in [6.07, 6.45) is -0.578. The molecule has 2 N–H and O–H groups in total. The van der Waals surface area contributed by atoms with Gasteiger partial charge in [0, 0.05) is 0 Å². The van der Waals surface area contributed by atoms with Crippen molar-refractivity contribution in [2.24, 2.45) is 0 Å². The largest absolute Gasteiger partial charge is 0.389 e. The summed E-state index contributed by atoms with van der Waals surface area (Å²) in [6.45, 7) is 0.818. The van der Waals surface area contributed by atoms with E-state index in [0.717, 1.165) is 11.1 Å². The highest BCUT2D eigenvalue weighted by Gasteiger charge is 2.19. The number of aliphatic hydroxyl groups excluding tert-OH is 1. The highest BCUT2D eigenvalue weighted by molar-refractivity contribution is 5.20. The third kappa shape index (κ3) is 4.17. The molecule has 0 unspecified atom stereocenters. The Bertz CT molecular complexity index is 487. The van der Waals surface area contributed by atoms with Crippen LogP contribution in [0.1, 0.15) is 17.2 Å². The molecule has 3 heteroatoms. The monoisotopic (exact) mass is 271 g/mol. The molecule has 2 rings (SSSR count). The highest BCUT2D eigenvalue weighted by atomic mass is 16.5. The first kappa shape index (κ1) is 14.7. The second-order valence-corrected chi connectivity index (χ2v) is 4.75. The van der Waals surface area contributed by atoms with Gasteiger partial charge >= 0.3 is 0 Å². The fourth-order valence-corrected chi connectivity index (χ4v) is 2.21. The van der Waals surface area contributed by atoms with Crippen molar-refractivity contribution in [3.05, 3.63) is 71.8 Å². The molecule has 2 atom stereocenters. The van der Waals surface area contributed by atoms with Crippen LogP contribution in [0.25, 0.3) is 0 Å². The lowest BCUT2D eigenvalue weighted by molar-refractivity contribution is 0.0100. The minimum absolute atomic E-state index is 0.119. The van der Waals surface area contributed by atoms with Crippen LogP contribution in [0.5, 0.6) is 0 Å². The van der Waals surface area contributed by atoms with Gasteiger partial charge in [0.05, 0.1) is 25.4 Å². The summed E-state index contributed by atoms with van der Waals surface area (Å²) < 4.78 is 5.60. The molecule has 2 aromatic rings. The lowest BCUT2D eigenvalue weighted by Gasteiger charge is -2.22. The van der Waals surface area contributed by atoms with Crippen molar-refractivity contribution >= 4 is 0 Å². The van der Waals surface area contributed by atoms with Crippen LogP contribution in [0.4, 0.5) is 0 Å². The van der Waals surface area contributed by atoms with Crippen molar-refractivity contribution in [2.45, 2.75) is 18.8 Å². The molecule has 0 aromatic heterocycles. The molecule has 0 aliphatic carbocycles. The predicted octanol–water partition coefficient (Wildman–Crippen LogP) is 2.52. The quantitative estimate of drug-likeness (QED) is 0.813. The molecule has 0 radical (unpaired) electrons. The summed E-state index contributed by atoms with van der Waals surface area (Å²) in [7, 11) is 1.85. The summed E-state index contributed by atoms with van der Waals surface area (Å²) in [4.78, 5) is 0. The van der Waals surface area contributed by atoms with E-state index >= 15 is 0 Å². The number of aliphatic hydroxyl groups is 1. The Morgan fingerprint density at radius 3 is 2.20 bits per heavy atom. The number of likely N-dealkylation sites (N-methyl/N-ethyl adjacent to an activating group) is 1. The van der Waals surface area contributed by atoms with Gasteiger partial charge < -0.3 is 15.2 Å². The van der Waals surface area contributed by atoms with E-state index in [4.69, 9.17) is 4.74 Å². The highest BCUT2D eigenvalue weighted by Crippen LogP contribution is 2.16. The lowest BCUT2D eigenvalue weighted by atomic mass is 10.0. The molecular weight excluding hydrogens is 250 g/mol. The van der Waals surface area contributed by atoms with Gasteiger partial charge in [-0.3, -0.25) is 0 Å². The Morgan fingerprint density at radius 2 is 1.60 bits per heavy atom. The predicted molar refractivity (Wildman–Crippen MR) is 80.3 cm³/mol. The molecule has 0 aliphatic rings. The van der Waals surface area contributed by atoms with Gasteiger partial charge in [0.1, 0.15) is 0 Å². The van der Waals surface area contributed by atoms with Crippen LogP contribution in [-0.2, 0) is 11.3 Å². The first-order chi connectivity index (χ1) is 9.81. The SMILES string of the molecule is CN[C@H](c1ccccc1)[C@@H](O)COCc1ccccc1. The summed E-state index contributed by atoms with van der Waals surface area (Å²) in [6, 6.07) is 19.8. The van der Waals surface area contributed by atoms with Crippen molar-refractivity contribution in [3.8, 4) is 0 Å². The Hall–Kier alpha value is -1.68. The van der Waals surface area contributed by atoms with Crippen molar-refractivity contribution in [1.29, 1.82) is 0 Å². The van der Waals surface area contributed by atoms with Crippen molar-refractivity contribution in [2.75, 3.05) is 13.7 Å².